The van der Waals surface area contributed by atoms with E-state index in [-0.39, 0.29) is 11.6 Å². The maximum atomic E-state index is 13.0. The van der Waals surface area contributed by atoms with Gasteiger partial charge < -0.3 is 0 Å². The summed E-state index contributed by atoms with van der Waals surface area (Å²) in [5.41, 5.74) is 2.82. The molecule has 26 heavy (non-hydrogen) atoms. The number of nitrogens with zero attached hydrogens (tertiary/aromatic N) is 1. The molecule has 0 aliphatic heterocycles. The van der Waals surface area contributed by atoms with Gasteiger partial charge in [0.1, 0.15) is 25.3 Å². The molecule has 0 saturated carbocycles. The monoisotopic (exact) mass is 344 g/mol. The molecule has 0 unspecified atom stereocenters. The molecule has 0 fully saturated rings. The Balaban J connectivity index is 2.17. The Morgan fingerprint density at radius 1 is 0.692 bits per heavy atom. The topological polar surface area (TPSA) is 34.1 Å². The first kappa shape index (κ1) is 17.8. The molecule has 2 aromatic rings. The van der Waals surface area contributed by atoms with Crippen LogP contribution in [0.25, 0.3) is 0 Å². The van der Waals surface area contributed by atoms with Gasteiger partial charge in [0.05, 0.1) is 0 Å². The molecule has 3 heteroatoms. The van der Waals surface area contributed by atoms with E-state index in [9.17, 15) is 9.59 Å². The summed E-state index contributed by atoms with van der Waals surface area (Å²) in [5, 5.41) is 0. The van der Waals surface area contributed by atoms with Gasteiger partial charge in [-0.2, -0.15) is 0 Å². The van der Waals surface area contributed by atoms with Crippen LogP contribution in [-0.4, -0.2) is 31.2 Å². The zero-order valence-corrected chi connectivity index (χ0v) is 14.8. The summed E-state index contributed by atoms with van der Waals surface area (Å²) in [4.78, 5) is 25.8. The minimum Gasteiger partial charge on any atom is -0.289 e. The van der Waals surface area contributed by atoms with Crippen LogP contribution in [0.1, 0.15) is 31.8 Å². The van der Waals surface area contributed by atoms with Gasteiger partial charge in [-0.1, -0.05) is 44.0 Å². The lowest BCUT2D eigenvalue weighted by Crippen LogP contribution is -2.49. The SMILES string of the molecule is C=CC[N+](CC=C)(CC=C)c1ccc2c(c1)C(=O)c1ccccc1C2=O. The van der Waals surface area contributed by atoms with Crippen LogP contribution in [0.3, 0.4) is 0 Å². The third-order valence-electron chi connectivity index (χ3n) is 4.89. The van der Waals surface area contributed by atoms with Crippen LogP contribution in [-0.2, 0) is 0 Å². The van der Waals surface area contributed by atoms with Crippen molar-refractivity contribution in [2.24, 2.45) is 0 Å². The highest BCUT2D eigenvalue weighted by Crippen LogP contribution is 2.32. The van der Waals surface area contributed by atoms with Gasteiger partial charge in [-0.3, -0.25) is 14.1 Å². The van der Waals surface area contributed by atoms with Gasteiger partial charge in [0.25, 0.3) is 0 Å². The molecule has 0 radical (unpaired) electrons. The number of hydrogen-bond donors (Lipinski definition) is 0. The van der Waals surface area contributed by atoms with E-state index >= 15 is 0 Å². The number of benzene rings is 2. The van der Waals surface area contributed by atoms with Gasteiger partial charge in [-0.15, -0.1) is 0 Å². The second kappa shape index (κ2) is 7.06. The van der Waals surface area contributed by atoms with Gasteiger partial charge >= 0.3 is 0 Å². The standard InChI is InChI=1S/C23H22NO2/c1-4-13-24(14-5-2,15-6-3)17-11-12-20-21(16-17)23(26)19-10-8-7-9-18(19)22(20)25/h4-12,16H,1-3,13-15H2/q+1. The van der Waals surface area contributed by atoms with Crippen molar-refractivity contribution in [3.63, 3.8) is 0 Å². The summed E-state index contributed by atoms with van der Waals surface area (Å²) in [6, 6.07) is 12.5. The van der Waals surface area contributed by atoms with Crippen molar-refractivity contribution in [3.8, 4) is 0 Å². The highest BCUT2D eigenvalue weighted by molar-refractivity contribution is 6.28. The predicted molar refractivity (Wildman–Crippen MR) is 107 cm³/mol. The highest BCUT2D eigenvalue weighted by atomic mass is 16.1. The maximum Gasteiger partial charge on any atom is 0.194 e. The largest absolute Gasteiger partial charge is 0.289 e. The normalized spacial score (nSPS) is 12.9. The van der Waals surface area contributed by atoms with Crippen molar-refractivity contribution >= 4 is 17.3 Å². The van der Waals surface area contributed by atoms with Crippen LogP contribution in [0.5, 0.6) is 0 Å². The molecule has 0 heterocycles. The number of quaternary nitrogens is 1. The average molecular weight is 344 g/mol. The molecule has 0 aromatic heterocycles. The van der Waals surface area contributed by atoms with Gasteiger partial charge in [-0.25, -0.2) is 0 Å². The first-order valence-corrected chi connectivity index (χ1v) is 8.60. The van der Waals surface area contributed by atoms with Crippen molar-refractivity contribution in [2.75, 3.05) is 19.6 Å². The van der Waals surface area contributed by atoms with E-state index in [1.54, 1.807) is 30.3 Å². The number of carbonyl (C=O) groups is 2. The molecule has 0 N–H and O–H groups in total. The third kappa shape index (κ3) is 2.76. The molecule has 0 bridgehead atoms. The Bertz CT molecular complexity index is 897. The smallest absolute Gasteiger partial charge is 0.194 e. The van der Waals surface area contributed by atoms with Gasteiger partial charge in [-0.05, 0) is 30.4 Å². The molecule has 1 aliphatic carbocycles. The predicted octanol–water partition coefficient (Wildman–Crippen LogP) is 4.33. The van der Waals surface area contributed by atoms with Crippen LogP contribution in [0, 0.1) is 0 Å². The second-order valence-corrected chi connectivity index (χ2v) is 6.49. The van der Waals surface area contributed by atoms with E-state index in [2.05, 4.69) is 19.7 Å². The van der Waals surface area contributed by atoms with E-state index in [0.29, 0.717) is 46.4 Å². The van der Waals surface area contributed by atoms with Crippen LogP contribution in [0.4, 0.5) is 5.69 Å². The molecule has 1 aliphatic rings. The van der Waals surface area contributed by atoms with Crippen molar-refractivity contribution in [1.29, 1.82) is 0 Å². The molecule has 0 saturated heterocycles. The summed E-state index contributed by atoms with van der Waals surface area (Å²) in [6.45, 7) is 13.7. The van der Waals surface area contributed by atoms with Crippen LogP contribution in [0.15, 0.2) is 80.4 Å². The number of fused-ring (bicyclic) bond motifs is 2. The minimum absolute atomic E-state index is 0.101. The number of carbonyl (C=O) groups excluding carboxylic acids is 2. The summed E-state index contributed by atoms with van der Waals surface area (Å²) < 4.78 is 0.535. The Kier molecular flexibility index (Phi) is 4.83. The lowest BCUT2D eigenvalue weighted by Gasteiger charge is -2.36. The first-order chi connectivity index (χ1) is 12.6. The molecule has 3 nitrogen and oxygen atoms in total. The number of ketones is 2. The Labute approximate surface area is 154 Å². The minimum atomic E-state index is -0.106. The molecular formula is C23H22NO2+. The van der Waals surface area contributed by atoms with E-state index in [4.69, 9.17) is 0 Å². The van der Waals surface area contributed by atoms with E-state index in [0.717, 1.165) is 5.69 Å². The molecule has 0 spiro atoms. The number of hydrogen-bond acceptors (Lipinski definition) is 2. The van der Waals surface area contributed by atoms with Crippen molar-refractivity contribution in [2.45, 2.75) is 0 Å². The maximum absolute atomic E-state index is 13.0. The lowest BCUT2D eigenvalue weighted by molar-refractivity contribution is 0.0979. The molecule has 0 atom stereocenters. The first-order valence-electron chi connectivity index (χ1n) is 8.60. The summed E-state index contributed by atoms with van der Waals surface area (Å²) >= 11 is 0. The molecule has 2 aromatic carbocycles. The van der Waals surface area contributed by atoms with Crippen LogP contribution in [0.2, 0.25) is 0 Å². The van der Waals surface area contributed by atoms with E-state index < -0.39 is 0 Å². The Hall–Kier alpha value is -3.04. The second-order valence-electron chi connectivity index (χ2n) is 6.49. The molecule has 0 amide bonds. The zero-order chi connectivity index (χ0) is 18.7. The van der Waals surface area contributed by atoms with Crippen molar-refractivity contribution in [3.05, 3.63) is 103 Å². The number of rotatable bonds is 7. The highest BCUT2D eigenvalue weighted by Gasteiger charge is 2.33. The van der Waals surface area contributed by atoms with E-state index in [1.165, 1.54) is 0 Å². The van der Waals surface area contributed by atoms with Crippen molar-refractivity contribution < 1.29 is 9.59 Å². The average Bonchev–Trinajstić information content (AvgIpc) is 2.66. The fourth-order valence-corrected chi connectivity index (χ4v) is 3.66. The van der Waals surface area contributed by atoms with E-state index in [1.807, 2.05) is 30.4 Å². The third-order valence-corrected chi connectivity index (χ3v) is 4.89. The fourth-order valence-electron chi connectivity index (χ4n) is 3.66. The van der Waals surface area contributed by atoms with Gasteiger partial charge in [0, 0.05) is 28.3 Å². The fraction of sp³-hybridized carbons (Fsp3) is 0.130. The molecular weight excluding hydrogens is 322 g/mol. The van der Waals surface area contributed by atoms with Gasteiger partial charge in [0.2, 0.25) is 0 Å². The van der Waals surface area contributed by atoms with Crippen molar-refractivity contribution in [1.82, 2.24) is 4.48 Å². The Morgan fingerprint density at radius 3 is 1.65 bits per heavy atom. The summed E-state index contributed by atoms with van der Waals surface area (Å²) in [7, 11) is 0. The molecule has 3 rings (SSSR count). The lowest BCUT2D eigenvalue weighted by atomic mass is 9.83. The molecule has 130 valence electrons. The zero-order valence-electron chi connectivity index (χ0n) is 14.8. The quantitative estimate of drug-likeness (QED) is 0.472. The van der Waals surface area contributed by atoms with Crippen LogP contribution < -0.4 is 4.48 Å². The van der Waals surface area contributed by atoms with Gasteiger partial charge in [0.15, 0.2) is 11.6 Å². The summed E-state index contributed by atoms with van der Waals surface area (Å²) in [5.74, 6) is -0.207. The van der Waals surface area contributed by atoms with Crippen LogP contribution >= 0.6 is 0 Å². The Morgan fingerprint density at radius 2 is 1.15 bits per heavy atom. The summed E-state index contributed by atoms with van der Waals surface area (Å²) in [6.07, 6.45) is 5.57.